The Balaban J connectivity index is 2.45. The molecule has 2 aromatic rings. The number of rotatable bonds is 11. The Morgan fingerprint density at radius 2 is 1.60 bits per heavy atom. The molecule has 0 aromatic heterocycles. The first-order valence-electron chi connectivity index (χ1n) is 11.1. The highest BCUT2D eigenvalue weighted by molar-refractivity contribution is 7.92. The Morgan fingerprint density at radius 3 is 2.11 bits per heavy atom. The zero-order valence-electron chi connectivity index (χ0n) is 20.1. The third-order valence-electron chi connectivity index (χ3n) is 5.52. The van der Waals surface area contributed by atoms with Gasteiger partial charge in [-0.15, -0.1) is 0 Å². The van der Waals surface area contributed by atoms with Crippen LogP contribution < -0.4 is 9.62 Å². The topological polar surface area (TPSA) is 86.8 Å². The molecule has 1 N–H and O–H groups in total. The minimum atomic E-state index is -4.08. The normalized spacial score (nSPS) is 13.1. The van der Waals surface area contributed by atoms with Gasteiger partial charge in [0.05, 0.1) is 11.9 Å². The molecule has 0 saturated carbocycles. The van der Waals surface area contributed by atoms with Crippen LogP contribution in [0, 0.1) is 17.5 Å². The fourth-order valence-electron chi connectivity index (χ4n) is 3.40. The van der Waals surface area contributed by atoms with Crippen LogP contribution in [0.25, 0.3) is 0 Å². The standard InChI is InChI=1S/C24H30F3N3O4S/c1-5-16(3)28-24(32)22(6-2)29(14-17-7-9-18(25)10-8-17)23(31)15-30(35(4,33)34)19-11-12-20(26)21(27)13-19/h7-13,16,22H,5-6,14-15H2,1-4H3,(H,28,32)/t16-,22+/m0/s1. The highest BCUT2D eigenvalue weighted by Crippen LogP contribution is 2.22. The summed E-state index contributed by atoms with van der Waals surface area (Å²) in [5.41, 5.74) is 0.284. The van der Waals surface area contributed by atoms with E-state index in [0.29, 0.717) is 22.4 Å². The zero-order valence-corrected chi connectivity index (χ0v) is 20.9. The lowest BCUT2D eigenvalue weighted by molar-refractivity contribution is -0.140. The molecule has 0 aliphatic rings. The molecular formula is C24H30F3N3O4S. The third kappa shape index (κ3) is 7.71. The van der Waals surface area contributed by atoms with Crippen LogP contribution in [-0.2, 0) is 26.2 Å². The number of amides is 2. The van der Waals surface area contributed by atoms with Gasteiger partial charge in [0, 0.05) is 18.7 Å². The molecule has 2 rings (SSSR count). The Labute approximate surface area is 204 Å². The number of halogens is 3. The average molecular weight is 514 g/mol. The number of nitrogens with zero attached hydrogens (tertiary/aromatic N) is 2. The molecule has 7 nitrogen and oxygen atoms in total. The first kappa shape index (κ1) is 28.2. The smallest absolute Gasteiger partial charge is 0.244 e. The molecule has 0 spiro atoms. The van der Waals surface area contributed by atoms with Crippen molar-refractivity contribution in [3.05, 3.63) is 65.5 Å². The van der Waals surface area contributed by atoms with E-state index in [1.165, 1.54) is 29.2 Å². The van der Waals surface area contributed by atoms with Crippen LogP contribution in [0.3, 0.4) is 0 Å². The van der Waals surface area contributed by atoms with Gasteiger partial charge in [-0.3, -0.25) is 13.9 Å². The van der Waals surface area contributed by atoms with E-state index in [0.717, 1.165) is 18.4 Å². The van der Waals surface area contributed by atoms with Crippen LogP contribution in [0.5, 0.6) is 0 Å². The first-order chi connectivity index (χ1) is 16.4. The maximum atomic E-state index is 13.8. The van der Waals surface area contributed by atoms with Gasteiger partial charge in [0.15, 0.2) is 11.6 Å². The second kappa shape index (κ2) is 12.1. The average Bonchev–Trinajstić information content (AvgIpc) is 2.79. The highest BCUT2D eigenvalue weighted by Gasteiger charge is 2.32. The third-order valence-corrected chi connectivity index (χ3v) is 6.66. The van der Waals surface area contributed by atoms with Crippen molar-refractivity contribution in [3.63, 3.8) is 0 Å². The second-order valence-electron chi connectivity index (χ2n) is 8.26. The summed E-state index contributed by atoms with van der Waals surface area (Å²) in [6.07, 6.45) is 1.71. The van der Waals surface area contributed by atoms with Gasteiger partial charge in [-0.05, 0) is 49.6 Å². The molecule has 35 heavy (non-hydrogen) atoms. The number of nitrogens with one attached hydrogen (secondary N) is 1. The summed E-state index contributed by atoms with van der Waals surface area (Å²) in [4.78, 5) is 27.6. The van der Waals surface area contributed by atoms with Gasteiger partial charge in [-0.25, -0.2) is 21.6 Å². The minimum absolute atomic E-state index is 0.0963. The second-order valence-corrected chi connectivity index (χ2v) is 10.2. The highest BCUT2D eigenvalue weighted by atomic mass is 32.2. The van der Waals surface area contributed by atoms with E-state index in [9.17, 15) is 31.2 Å². The van der Waals surface area contributed by atoms with Crippen molar-refractivity contribution >= 4 is 27.5 Å². The van der Waals surface area contributed by atoms with Crippen LogP contribution in [0.4, 0.5) is 18.9 Å². The van der Waals surface area contributed by atoms with Crippen LogP contribution in [0.1, 0.15) is 39.2 Å². The van der Waals surface area contributed by atoms with Crippen molar-refractivity contribution in [2.45, 2.75) is 52.2 Å². The molecule has 0 fully saturated rings. The molecule has 0 radical (unpaired) electrons. The molecule has 0 unspecified atom stereocenters. The summed E-state index contributed by atoms with van der Waals surface area (Å²) in [6.45, 7) is 4.55. The van der Waals surface area contributed by atoms with Crippen molar-refractivity contribution in [1.82, 2.24) is 10.2 Å². The van der Waals surface area contributed by atoms with E-state index < -0.39 is 51.9 Å². The molecule has 11 heteroatoms. The van der Waals surface area contributed by atoms with Crippen molar-refractivity contribution in [3.8, 4) is 0 Å². The van der Waals surface area contributed by atoms with E-state index >= 15 is 0 Å². The van der Waals surface area contributed by atoms with Crippen LogP contribution in [0.15, 0.2) is 42.5 Å². The maximum Gasteiger partial charge on any atom is 0.244 e. The molecule has 0 heterocycles. The number of carbonyl (C=O) groups excluding carboxylic acids is 2. The Bertz CT molecular complexity index is 1140. The molecule has 0 aliphatic heterocycles. The zero-order chi connectivity index (χ0) is 26.3. The van der Waals surface area contributed by atoms with Crippen LogP contribution in [0.2, 0.25) is 0 Å². The van der Waals surface area contributed by atoms with Gasteiger partial charge in [-0.2, -0.15) is 0 Å². The first-order valence-corrected chi connectivity index (χ1v) is 13.0. The lowest BCUT2D eigenvalue weighted by Gasteiger charge is -2.33. The van der Waals surface area contributed by atoms with Gasteiger partial charge >= 0.3 is 0 Å². The lowest BCUT2D eigenvalue weighted by Crippen LogP contribution is -2.53. The fraction of sp³-hybridized carbons (Fsp3) is 0.417. The van der Waals surface area contributed by atoms with Crippen molar-refractivity contribution in [2.24, 2.45) is 0 Å². The molecule has 0 bridgehead atoms. The lowest BCUT2D eigenvalue weighted by atomic mass is 10.1. The molecular weight excluding hydrogens is 483 g/mol. The predicted octanol–water partition coefficient (Wildman–Crippen LogP) is 3.59. The van der Waals surface area contributed by atoms with Crippen molar-refractivity contribution in [2.75, 3.05) is 17.1 Å². The summed E-state index contributed by atoms with van der Waals surface area (Å²) in [5.74, 6) is -4.08. The minimum Gasteiger partial charge on any atom is -0.352 e. The van der Waals surface area contributed by atoms with E-state index in [2.05, 4.69) is 5.32 Å². The quantitative estimate of drug-likeness (QED) is 0.498. The molecule has 2 aromatic carbocycles. The molecule has 2 atom stereocenters. The number of anilines is 1. The van der Waals surface area contributed by atoms with E-state index in [-0.39, 0.29) is 24.7 Å². The fourth-order valence-corrected chi connectivity index (χ4v) is 4.24. The molecule has 192 valence electrons. The summed E-state index contributed by atoms with van der Waals surface area (Å²) < 4.78 is 66.2. The summed E-state index contributed by atoms with van der Waals surface area (Å²) in [7, 11) is -4.08. The summed E-state index contributed by atoms with van der Waals surface area (Å²) in [5, 5.41) is 2.82. The van der Waals surface area contributed by atoms with E-state index in [1.54, 1.807) is 6.92 Å². The van der Waals surface area contributed by atoms with Crippen LogP contribution in [-0.4, -0.2) is 50.0 Å². The van der Waals surface area contributed by atoms with E-state index in [1.807, 2.05) is 13.8 Å². The number of benzene rings is 2. The van der Waals surface area contributed by atoms with Crippen molar-refractivity contribution < 1.29 is 31.2 Å². The monoisotopic (exact) mass is 513 g/mol. The van der Waals surface area contributed by atoms with Gasteiger partial charge in [0.1, 0.15) is 18.4 Å². The Hall–Kier alpha value is -3.08. The number of carbonyl (C=O) groups is 2. The number of hydrogen-bond donors (Lipinski definition) is 1. The number of sulfonamides is 1. The van der Waals surface area contributed by atoms with Crippen LogP contribution >= 0.6 is 0 Å². The molecule has 0 saturated heterocycles. The SMILES string of the molecule is CC[C@H](C(=O)N[C@@H](C)CC)N(Cc1ccc(F)cc1)C(=O)CN(c1ccc(F)c(F)c1)S(C)(=O)=O. The predicted molar refractivity (Wildman–Crippen MR) is 127 cm³/mol. The molecule has 2 amide bonds. The van der Waals surface area contributed by atoms with Gasteiger partial charge in [-0.1, -0.05) is 26.0 Å². The van der Waals surface area contributed by atoms with Crippen molar-refractivity contribution in [1.29, 1.82) is 0 Å². The maximum absolute atomic E-state index is 13.8. The van der Waals surface area contributed by atoms with Gasteiger partial charge < -0.3 is 10.2 Å². The van der Waals surface area contributed by atoms with Gasteiger partial charge in [0.2, 0.25) is 21.8 Å². The summed E-state index contributed by atoms with van der Waals surface area (Å²) in [6, 6.07) is 6.71. The Kier molecular flexibility index (Phi) is 9.70. The number of hydrogen-bond acceptors (Lipinski definition) is 4. The molecule has 0 aliphatic carbocycles. The van der Waals surface area contributed by atoms with E-state index in [4.69, 9.17) is 0 Å². The largest absolute Gasteiger partial charge is 0.352 e. The Morgan fingerprint density at radius 1 is 0.971 bits per heavy atom. The summed E-state index contributed by atoms with van der Waals surface area (Å²) >= 11 is 0. The van der Waals surface area contributed by atoms with Gasteiger partial charge in [0.25, 0.3) is 0 Å².